The number of guanidine groups is 1. The molecule has 156 valence electrons. The molecule has 1 aliphatic carbocycles. The summed E-state index contributed by atoms with van der Waals surface area (Å²) in [6, 6.07) is 21.3. The van der Waals surface area contributed by atoms with E-state index >= 15 is 0 Å². The Hall–Kier alpha value is -3.08. The fourth-order valence-corrected chi connectivity index (χ4v) is 3.84. The maximum Gasteiger partial charge on any atom is 0.191 e. The van der Waals surface area contributed by atoms with Crippen molar-refractivity contribution in [3.05, 3.63) is 90.0 Å². The molecule has 5 heteroatoms. The zero-order chi connectivity index (χ0) is 20.7. The van der Waals surface area contributed by atoms with Crippen molar-refractivity contribution in [2.75, 3.05) is 19.6 Å². The minimum atomic E-state index is 0.232. The molecule has 4 rings (SSSR count). The van der Waals surface area contributed by atoms with Crippen LogP contribution in [0.25, 0.3) is 0 Å². The smallest absolute Gasteiger partial charge is 0.191 e. The zero-order valence-electron chi connectivity index (χ0n) is 17.7. The van der Waals surface area contributed by atoms with Gasteiger partial charge in [0.15, 0.2) is 5.96 Å². The van der Waals surface area contributed by atoms with Gasteiger partial charge in [-0.2, -0.15) is 0 Å². The minimum absolute atomic E-state index is 0.232. The van der Waals surface area contributed by atoms with Gasteiger partial charge in [0.2, 0.25) is 0 Å². The van der Waals surface area contributed by atoms with E-state index in [0.717, 1.165) is 44.4 Å². The summed E-state index contributed by atoms with van der Waals surface area (Å²) in [5, 5.41) is 6.87. The van der Waals surface area contributed by atoms with Crippen LogP contribution in [-0.4, -0.2) is 35.1 Å². The van der Waals surface area contributed by atoms with Crippen LogP contribution in [0.4, 0.5) is 0 Å². The summed E-state index contributed by atoms with van der Waals surface area (Å²) in [6.07, 6.45) is 7.23. The summed E-state index contributed by atoms with van der Waals surface area (Å²) in [6.45, 7) is 5.44. The van der Waals surface area contributed by atoms with Gasteiger partial charge in [0.25, 0.3) is 0 Å². The molecule has 0 radical (unpaired) electrons. The molecule has 2 aromatic carbocycles. The molecule has 0 amide bonds. The summed E-state index contributed by atoms with van der Waals surface area (Å²) in [5.41, 5.74) is 2.93. The second-order valence-corrected chi connectivity index (χ2v) is 7.98. The van der Waals surface area contributed by atoms with E-state index in [-0.39, 0.29) is 5.41 Å². The fraction of sp³-hybridized carbons (Fsp3) is 0.360. The first-order chi connectivity index (χ1) is 14.8. The quantitative estimate of drug-likeness (QED) is 0.424. The zero-order valence-corrected chi connectivity index (χ0v) is 17.7. The molecule has 1 heterocycles. The summed E-state index contributed by atoms with van der Waals surface area (Å²) < 4.78 is 2.22. The van der Waals surface area contributed by atoms with E-state index in [1.807, 2.05) is 12.3 Å². The van der Waals surface area contributed by atoms with E-state index in [0.29, 0.717) is 0 Å². The maximum absolute atomic E-state index is 4.90. The molecular weight excluding hydrogens is 370 g/mol. The average molecular weight is 402 g/mol. The lowest BCUT2D eigenvalue weighted by atomic mass is 9.96. The van der Waals surface area contributed by atoms with Gasteiger partial charge < -0.3 is 15.2 Å². The van der Waals surface area contributed by atoms with Crippen LogP contribution in [-0.2, 0) is 18.4 Å². The molecule has 3 aromatic rings. The van der Waals surface area contributed by atoms with Crippen molar-refractivity contribution < 1.29 is 0 Å². The summed E-state index contributed by atoms with van der Waals surface area (Å²) in [4.78, 5) is 9.45. The van der Waals surface area contributed by atoms with Gasteiger partial charge in [-0.05, 0) is 30.9 Å². The molecule has 0 spiro atoms. The monoisotopic (exact) mass is 401 g/mol. The van der Waals surface area contributed by atoms with Crippen LogP contribution in [0.3, 0.4) is 0 Å². The second-order valence-electron chi connectivity index (χ2n) is 7.98. The standard InChI is InChI=1S/C25H31N5/c1-2-26-24(29-20-25(14-15-25)22-11-7-4-8-12-22)28-16-13-23-27-17-18-30(23)19-21-9-5-3-6-10-21/h3-12,17-18H,2,13-16,19-20H2,1H3,(H2,26,28,29). The minimum Gasteiger partial charge on any atom is -0.357 e. The molecule has 1 saturated carbocycles. The number of benzene rings is 2. The lowest BCUT2D eigenvalue weighted by Crippen LogP contribution is -2.39. The molecule has 2 N–H and O–H groups in total. The predicted molar refractivity (Wildman–Crippen MR) is 123 cm³/mol. The van der Waals surface area contributed by atoms with Crippen molar-refractivity contribution in [3.8, 4) is 0 Å². The Morgan fingerprint density at radius 1 is 1.03 bits per heavy atom. The predicted octanol–water partition coefficient (Wildman–Crippen LogP) is 3.76. The maximum atomic E-state index is 4.90. The van der Waals surface area contributed by atoms with Crippen LogP contribution in [0.15, 0.2) is 78.0 Å². The molecule has 0 unspecified atom stereocenters. The third kappa shape index (κ3) is 5.09. The van der Waals surface area contributed by atoms with Crippen molar-refractivity contribution in [3.63, 3.8) is 0 Å². The highest BCUT2D eigenvalue weighted by Crippen LogP contribution is 2.48. The van der Waals surface area contributed by atoms with Gasteiger partial charge >= 0.3 is 0 Å². The number of imidazole rings is 1. The Morgan fingerprint density at radius 3 is 2.47 bits per heavy atom. The lowest BCUT2D eigenvalue weighted by Gasteiger charge is -2.16. The van der Waals surface area contributed by atoms with Crippen LogP contribution < -0.4 is 10.6 Å². The lowest BCUT2D eigenvalue weighted by molar-refractivity contribution is 0.678. The first-order valence-electron chi connectivity index (χ1n) is 10.9. The van der Waals surface area contributed by atoms with E-state index in [9.17, 15) is 0 Å². The summed E-state index contributed by atoms with van der Waals surface area (Å²) in [5.74, 6) is 1.98. The highest BCUT2D eigenvalue weighted by atomic mass is 15.2. The molecular formula is C25H31N5. The number of hydrogen-bond donors (Lipinski definition) is 2. The Morgan fingerprint density at radius 2 is 1.77 bits per heavy atom. The molecule has 30 heavy (non-hydrogen) atoms. The molecule has 0 bridgehead atoms. The van der Waals surface area contributed by atoms with E-state index in [4.69, 9.17) is 4.99 Å². The number of rotatable bonds is 9. The topological polar surface area (TPSA) is 54.2 Å². The number of aliphatic imine (C=N–C) groups is 1. The van der Waals surface area contributed by atoms with Crippen LogP contribution >= 0.6 is 0 Å². The molecule has 0 aliphatic heterocycles. The molecule has 1 fully saturated rings. The van der Waals surface area contributed by atoms with Crippen LogP contribution in [0, 0.1) is 0 Å². The van der Waals surface area contributed by atoms with Crippen LogP contribution in [0.5, 0.6) is 0 Å². The molecule has 1 aromatic heterocycles. The SMILES string of the molecule is CCNC(=NCC1(c2ccccc2)CC1)NCCc1nccn1Cc1ccccc1. The van der Waals surface area contributed by atoms with Crippen molar-refractivity contribution in [1.82, 2.24) is 20.2 Å². The average Bonchev–Trinajstić information content (AvgIpc) is 3.47. The summed E-state index contributed by atoms with van der Waals surface area (Å²) in [7, 11) is 0. The van der Waals surface area contributed by atoms with Gasteiger partial charge in [0.1, 0.15) is 5.82 Å². The Bertz CT molecular complexity index is 942. The second kappa shape index (κ2) is 9.61. The van der Waals surface area contributed by atoms with Gasteiger partial charge in [0.05, 0.1) is 6.54 Å². The van der Waals surface area contributed by atoms with Crippen molar-refractivity contribution in [2.24, 2.45) is 4.99 Å². The largest absolute Gasteiger partial charge is 0.357 e. The summed E-state index contributed by atoms with van der Waals surface area (Å²) >= 11 is 0. The van der Waals surface area contributed by atoms with Crippen molar-refractivity contribution >= 4 is 5.96 Å². The molecule has 0 saturated heterocycles. The van der Waals surface area contributed by atoms with Crippen molar-refractivity contribution in [1.29, 1.82) is 0 Å². The third-order valence-corrected chi connectivity index (χ3v) is 5.76. The molecule has 0 atom stereocenters. The Balaban J connectivity index is 1.33. The first-order valence-corrected chi connectivity index (χ1v) is 10.9. The number of nitrogens with zero attached hydrogens (tertiary/aromatic N) is 3. The first kappa shape index (κ1) is 20.2. The normalized spacial score (nSPS) is 15.0. The highest BCUT2D eigenvalue weighted by Gasteiger charge is 2.43. The Kier molecular flexibility index (Phi) is 6.47. The van der Waals surface area contributed by atoms with E-state index in [1.165, 1.54) is 24.0 Å². The number of hydrogen-bond acceptors (Lipinski definition) is 2. The highest BCUT2D eigenvalue weighted by molar-refractivity contribution is 5.79. The number of aromatic nitrogens is 2. The van der Waals surface area contributed by atoms with Gasteiger partial charge in [0, 0.05) is 43.9 Å². The van der Waals surface area contributed by atoms with Gasteiger partial charge in [-0.1, -0.05) is 60.7 Å². The van der Waals surface area contributed by atoms with Crippen LogP contribution in [0.1, 0.15) is 36.7 Å². The fourth-order valence-electron chi connectivity index (χ4n) is 3.84. The van der Waals surface area contributed by atoms with Gasteiger partial charge in [-0.15, -0.1) is 0 Å². The number of nitrogens with one attached hydrogen (secondary N) is 2. The molecule has 1 aliphatic rings. The van der Waals surface area contributed by atoms with Crippen molar-refractivity contribution in [2.45, 2.75) is 38.1 Å². The van der Waals surface area contributed by atoms with Gasteiger partial charge in [-0.25, -0.2) is 4.98 Å². The Labute approximate surface area is 179 Å². The van der Waals surface area contributed by atoms with E-state index < -0.39 is 0 Å². The van der Waals surface area contributed by atoms with E-state index in [2.05, 4.69) is 87.9 Å². The van der Waals surface area contributed by atoms with Crippen LogP contribution in [0.2, 0.25) is 0 Å². The molecule has 5 nitrogen and oxygen atoms in total. The van der Waals surface area contributed by atoms with E-state index in [1.54, 1.807) is 0 Å². The third-order valence-electron chi connectivity index (χ3n) is 5.76. The van der Waals surface area contributed by atoms with Gasteiger partial charge in [-0.3, -0.25) is 4.99 Å².